The number of aromatic nitrogens is 1. The van der Waals surface area contributed by atoms with Gasteiger partial charge in [0, 0.05) is 32.7 Å². The third-order valence-corrected chi connectivity index (χ3v) is 5.70. The molecule has 0 saturated carbocycles. The number of amides is 1. The third-order valence-electron chi connectivity index (χ3n) is 4.63. The van der Waals surface area contributed by atoms with Crippen molar-refractivity contribution in [2.24, 2.45) is 0 Å². The first-order valence-corrected chi connectivity index (χ1v) is 9.99. The van der Waals surface area contributed by atoms with Crippen LogP contribution in [0.3, 0.4) is 0 Å². The van der Waals surface area contributed by atoms with Gasteiger partial charge in [-0.1, -0.05) is 12.1 Å². The number of carbonyl (C=O) groups excluding carboxylic acids is 1. The van der Waals surface area contributed by atoms with E-state index in [1.807, 2.05) is 30.9 Å². The second kappa shape index (κ2) is 8.64. The predicted molar refractivity (Wildman–Crippen MR) is 105 cm³/mol. The van der Waals surface area contributed by atoms with Gasteiger partial charge in [0.1, 0.15) is 10.6 Å². The summed E-state index contributed by atoms with van der Waals surface area (Å²) in [4.78, 5) is 22.2. The maximum atomic E-state index is 12.6. The Morgan fingerprint density at radius 3 is 2.62 bits per heavy atom. The van der Waals surface area contributed by atoms with Crippen LogP contribution in [0, 0.1) is 20.8 Å². The summed E-state index contributed by atoms with van der Waals surface area (Å²) in [7, 11) is 0. The van der Waals surface area contributed by atoms with Crippen LogP contribution >= 0.6 is 11.3 Å². The number of hydrogen-bond acceptors (Lipinski definition) is 5. The molecule has 1 aromatic carbocycles. The summed E-state index contributed by atoms with van der Waals surface area (Å²) in [5.41, 5.74) is 2.07. The minimum absolute atomic E-state index is 0.135. The molecule has 0 radical (unpaired) electrons. The van der Waals surface area contributed by atoms with E-state index in [4.69, 9.17) is 4.74 Å². The predicted octanol–water partition coefficient (Wildman–Crippen LogP) is 3.30. The quantitative estimate of drug-likeness (QED) is 0.729. The topological polar surface area (TPSA) is 45.7 Å². The van der Waals surface area contributed by atoms with E-state index in [1.54, 1.807) is 0 Å². The molecule has 1 saturated heterocycles. The summed E-state index contributed by atoms with van der Waals surface area (Å²) >= 11 is 1.50. The molecular weight excluding hydrogens is 346 g/mol. The van der Waals surface area contributed by atoms with E-state index >= 15 is 0 Å². The smallest absolute Gasteiger partial charge is 0.265 e. The summed E-state index contributed by atoms with van der Waals surface area (Å²) in [5.74, 6) is 1.08. The van der Waals surface area contributed by atoms with Crippen LogP contribution in [-0.2, 0) is 0 Å². The van der Waals surface area contributed by atoms with Crippen molar-refractivity contribution in [3.8, 4) is 5.75 Å². The molecule has 0 N–H and O–H groups in total. The molecule has 140 valence electrons. The zero-order valence-corrected chi connectivity index (χ0v) is 16.6. The van der Waals surface area contributed by atoms with Gasteiger partial charge in [0.2, 0.25) is 0 Å². The molecule has 1 aliphatic rings. The van der Waals surface area contributed by atoms with Crippen molar-refractivity contribution in [2.45, 2.75) is 27.2 Å². The van der Waals surface area contributed by atoms with E-state index in [2.05, 4.69) is 28.9 Å². The summed E-state index contributed by atoms with van der Waals surface area (Å²) < 4.78 is 5.81. The molecule has 1 aromatic heterocycles. The Labute approximate surface area is 159 Å². The molecule has 6 heteroatoms. The van der Waals surface area contributed by atoms with Crippen LogP contribution in [0.1, 0.15) is 32.4 Å². The van der Waals surface area contributed by atoms with E-state index < -0.39 is 0 Å². The molecule has 3 rings (SSSR count). The third kappa shape index (κ3) is 4.83. The minimum atomic E-state index is 0.135. The van der Waals surface area contributed by atoms with Gasteiger partial charge in [0.15, 0.2) is 0 Å². The van der Waals surface area contributed by atoms with Gasteiger partial charge in [-0.2, -0.15) is 0 Å². The summed E-state index contributed by atoms with van der Waals surface area (Å²) in [6.07, 6.45) is 0.995. The van der Waals surface area contributed by atoms with Crippen LogP contribution in [0.4, 0.5) is 0 Å². The molecule has 0 aliphatic carbocycles. The lowest BCUT2D eigenvalue weighted by Crippen LogP contribution is -2.48. The number of piperazine rings is 1. The molecule has 1 fully saturated rings. The molecule has 5 nitrogen and oxygen atoms in total. The molecule has 26 heavy (non-hydrogen) atoms. The summed E-state index contributed by atoms with van der Waals surface area (Å²) in [6, 6.07) is 8.16. The average molecular weight is 374 g/mol. The maximum absolute atomic E-state index is 12.6. The number of ether oxygens (including phenoxy) is 1. The van der Waals surface area contributed by atoms with Crippen LogP contribution in [0.25, 0.3) is 0 Å². The van der Waals surface area contributed by atoms with Crippen LogP contribution in [0.5, 0.6) is 5.75 Å². The van der Waals surface area contributed by atoms with Crippen LogP contribution in [0.15, 0.2) is 24.3 Å². The fourth-order valence-electron chi connectivity index (χ4n) is 3.23. The van der Waals surface area contributed by atoms with E-state index in [0.29, 0.717) is 0 Å². The van der Waals surface area contributed by atoms with Gasteiger partial charge in [-0.3, -0.25) is 9.69 Å². The number of thiazole rings is 1. The number of nitrogens with zero attached hydrogens (tertiary/aromatic N) is 3. The minimum Gasteiger partial charge on any atom is -0.494 e. The molecule has 0 atom stereocenters. The number of hydrogen-bond donors (Lipinski definition) is 0. The fraction of sp³-hybridized carbons (Fsp3) is 0.500. The Hall–Kier alpha value is -1.92. The van der Waals surface area contributed by atoms with Gasteiger partial charge in [-0.05, 0) is 44.9 Å². The Bertz CT molecular complexity index is 751. The van der Waals surface area contributed by atoms with Gasteiger partial charge >= 0.3 is 0 Å². The van der Waals surface area contributed by atoms with Crippen molar-refractivity contribution in [1.82, 2.24) is 14.8 Å². The van der Waals surface area contributed by atoms with Crippen molar-refractivity contribution in [1.29, 1.82) is 0 Å². The molecule has 0 spiro atoms. The van der Waals surface area contributed by atoms with E-state index in [1.165, 1.54) is 16.9 Å². The largest absolute Gasteiger partial charge is 0.494 e. The normalized spacial score (nSPS) is 15.3. The fourth-order valence-corrected chi connectivity index (χ4v) is 4.12. The van der Waals surface area contributed by atoms with Crippen molar-refractivity contribution < 1.29 is 9.53 Å². The van der Waals surface area contributed by atoms with Gasteiger partial charge in [-0.15, -0.1) is 11.3 Å². The monoisotopic (exact) mass is 373 g/mol. The molecule has 0 unspecified atom stereocenters. The van der Waals surface area contributed by atoms with E-state index in [9.17, 15) is 4.79 Å². The molecule has 1 amide bonds. The second-order valence-electron chi connectivity index (χ2n) is 6.80. The SMILES string of the molecule is Cc1cccc(OCCCN2CCN(C(=O)c3sc(C)nc3C)CC2)c1. The van der Waals surface area contributed by atoms with Crippen molar-refractivity contribution >= 4 is 17.2 Å². The Morgan fingerprint density at radius 1 is 1.19 bits per heavy atom. The van der Waals surface area contributed by atoms with Gasteiger partial charge in [0.25, 0.3) is 5.91 Å². The molecule has 2 aromatic rings. The molecule has 2 heterocycles. The highest BCUT2D eigenvalue weighted by molar-refractivity contribution is 7.13. The number of carbonyl (C=O) groups is 1. The Morgan fingerprint density at radius 2 is 1.96 bits per heavy atom. The zero-order chi connectivity index (χ0) is 18.5. The Kier molecular flexibility index (Phi) is 6.27. The second-order valence-corrected chi connectivity index (χ2v) is 8.00. The highest BCUT2D eigenvalue weighted by Gasteiger charge is 2.24. The first-order valence-electron chi connectivity index (χ1n) is 9.18. The number of benzene rings is 1. The van der Waals surface area contributed by atoms with Gasteiger partial charge in [-0.25, -0.2) is 4.98 Å². The van der Waals surface area contributed by atoms with E-state index in [0.717, 1.165) is 67.1 Å². The van der Waals surface area contributed by atoms with Crippen LogP contribution in [0.2, 0.25) is 0 Å². The van der Waals surface area contributed by atoms with Crippen LogP contribution in [-0.4, -0.2) is 60.0 Å². The first kappa shape index (κ1) is 18.9. The zero-order valence-electron chi connectivity index (χ0n) is 15.8. The Balaban J connectivity index is 1.38. The van der Waals surface area contributed by atoms with Crippen molar-refractivity contribution in [3.05, 3.63) is 45.4 Å². The molecular formula is C20H27N3O2S. The van der Waals surface area contributed by atoms with Gasteiger partial charge in [0.05, 0.1) is 17.3 Å². The highest BCUT2D eigenvalue weighted by atomic mass is 32.1. The van der Waals surface area contributed by atoms with Crippen molar-refractivity contribution in [2.75, 3.05) is 39.3 Å². The highest BCUT2D eigenvalue weighted by Crippen LogP contribution is 2.20. The van der Waals surface area contributed by atoms with Gasteiger partial charge < -0.3 is 9.64 Å². The lowest BCUT2D eigenvalue weighted by atomic mass is 10.2. The summed E-state index contributed by atoms with van der Waals surface area (Å²) in [5, 5.41) is 0.957. The van der Waals surface area contributed by atoms with Crippen LogP contribution < -0.4 is 4.74 Å². The lowest BCUT2D eigenvalue weighted by molar-refractivity contribution is 0.0634. The summed E-state index contributed by atoms with van der Waals surface area (Å²) in [6.45, 7) is 11.1. The number of aryl methyl sites for hydroxylation is 3. The number of rotatable bonds is 6. The maximum Gasteiger partial charge on any atom is 0.265 e. The lowest BCUT2D eigenvalue weighted by Gasteiger charge is -2.34. The van der Waals surface area contributed by atoms with E-state index in [-0.39, 0.29) is 5.91 Å². The molecule has 0 bridgehead atoms. The van der Waals surface area contributed by atoms with Crippen molar-refractivity contribution in [3.63, 3.8) is 0 Å². The molecule has 1 aliphatic heterocycles. The standard InChI is InChI=1S/C20H27N3O2S/c1-15-6-4-7-18(14-15)25-13-5-8-22-9-11-23(12-10-22)20(24)19-16(2)21-17(3)26-19/h4,6-7,14H,5,8-13H2,1-3H3. The average Bonchev–Trinajstić information content (AvgIpc) is 2.97. The first-order chi connectivity index (χ1) is 12.5.